The molecule has 0 aromatic heterocycles. The number of likely N-dealkylation sites (N-methyl/N-ethyl adjacent to an activating group) is 1. The van der Waals surface area contributed by atoms with Gasteiger partial charge in [0.05, 0.1) is 5.56 Å². The average molecular weight is 232 g/mol. The van der Waals surface area contributed by atoms with E-state index in [0.717, 1.165) is 6.07 Å². The van der Waals surface area contributed by atoms with Crippen molar-refractivity contribution in [1.29, 1.82) is 0 Å². The number of hydrogen-bond acceptors (Lipinski definition) is 2. The van der Waals surface area contributed by atoms with Gasteiger partial charge in [0.25, 0.3) is 0 Å². The Kier molecular flexibility index (Phi) is 3.54. The molecule has 88 valence electrons. The molecule has 3 nitrogen and oxygen atoms in total. The minimum atomic E-state index is -4.50. The second-order valence-corrected chi connectivity index (χ2v) is 3.21. The SMILES string of the molecule is CN[C@H](C(N)=O)c1ccccc1C(F)(F)F. The van der Waals surface area contributed by atoms with E-state index in [9.17, 15) is 18.0 Å². The lowest BCUT2D eigenvalue weighted by atomic mass is 9.99. The first-order valence-corrected chi connectivity index (χ1v) is 4.50. The summed E-state index contributed by atoms with van der Waals surface area (Å²) in [5.41, 5.74) is 4.01. The third-order valence-corrected chi connectivity index (χ3v) is 2.15. The van der Waals surface area contributed by atoms with Crippen LogP contribution < -0.4 is 11.1 Å². The Morgan fingerprint density at radius 1 is 1.38 bits per heavy atom. The van der Waals surface area contributed by atoms with Crippen molar-refractivity contribution in [3.05, 3.63) is 35.4 Å². The lowest BCUT2D eigenvalue weighted by molar-refractivity contribution is -0.138. The van der Waals surface area contributed by atoms with E-state index in [-0.39, 0.29) is 5.56 Å². The largest absolute Gasteiger partial charge is 0.416 e. The fourth-order valence-corrected chi connectivity index (χ4v) is 1.46. The highest BCUT2D eigenvalue weighted by molar-refractivity contribution is 5.81. The van der Waals surface area contributed by atoms with Crippen molar-refractivity contribution in [3.63, 3.8) is 0 Å². The Morgan fingerprint density at radius 2 is 1.94 bits per heavy atom. The van der Waals surface area contributed by atoms with Gasteiger partial charge in [-0.1, -0.05) is 18.2 Å². The van der Waals surface area contributed by atoms with Gasteiger partial charge in [-0.05, 0) is 18.7 Å². The second kappa shape index (κ2) is 4.52. The maximum Gasteiger partial charge on any atom is 0.416 e. The van der Waals surface area contributed by atoms with Crippen molar-refractivity contribution >= 4 is 5.91 Å². The number of hydrogen-bond donors (Lipinski definition) is 2. The van der Waals surface area contributed by atoms with Crippen LogP contribution in [-0.2, 0) is 11.0 Å². The monoisotopic (exact) mass is 232 g/mol. The molecule has 3 N–H and O–H groups in total. The Morgan fingerprint density at radius 3 is 2.38 bits per heavy atom. The van der Waals surface area contributed by atoms with E-state index in [0.29, 0.717) is 0 Å². The molecule has 0 aliphatic carbocycles. The van der Waals surface area contributed by atoms with E-state index >= 15 is 0 Å². The van der Waals surface area contributed by atoms with Gasteiger partial charge in [0.15, 0.2) is 0 Å². The molecule has 0 unspecified atom stereocenters. The highest BCUT2D eigenvalue weighted by Gasteiger charge is 2.35. The molecular formula is C10H11F3N2O. The van der Waals surface area contributed by atoms with Gasteiger partial charge < -0.3 is 11.1 Å². The van der Waals surface area contributed by atoms with Crippen LogP contribution in [0, 0.1) is 0 Å². The molecule has 1 aromatic carbocycles. The normalized spacial score (nSPS) is 13.5. The molecule has 0 radical (unpaired) electrons. The third kappa shape index (κ3) is 2.52. The molecule has 0 fully saturated rings. The molecule has 0 aliphatic rings. The predicted molar refractivity (Wildman–Crippen MR) is 52.4 cm³/mol. The molecular weight excluding hydrogens is 221 g/mol. The van der Waals surface area contributed by atoms with E-state index < -0.39 is 23.7 Å². The zero-order valence-corrected chi connectivity index (χ0v) is 8.51. The summed E-state index contributed by atoms with van der Waals surface area (Å²) in [4.78, 5) is 11.0. The highest BCUT2D eigenvalue weighted by atomic mass is 19.4. The summed E-state index contributed by atoms with van der Waals surface area (Å²) in [5, 5.41) is 2.46. The number of alkyl halides is 3. The van der Waals surface area contributed by atoms with Crippen molar-refractivity contribution in [1.82, 2.24) is 5.32 Å². The number of primary amides is 1. The molecule has 0 aliphatic heterocycles. The lowest BCUT2D eigenvalue weighted by Gasteiger charge is -2.18. The number of halogens is 3. The maximum atomic E-state index is 12.6. The van der Waals surface area contributed by atoms with Gasteiger partial charge in [-0.2, -0.15) is 13.2 Å². The maximum absolute atomic E-state index is 12.6. The first-order valence-electron chi connectivity index (χ1n) is 4.50. The quantitative estimate of drug-likeness (QED) is 0.828. The first-order chi connectivity index (χ1) is 7.38. The van der Waals surface area contributed by atoms with Gasteiger partial charge in [-0.25, -0.2) is 0 Å². The summed E-state index contributed by atoms with van der Waals surface area (Å²) < 4.78 is 37.9. The highest BCUT2D eigenvalue weighted by Crippen LogP contribution is 2.34. The topological polar surface area (TPSA) is 55.1 Å². The van der Waals surface area contributed by atoms with Crippen LogP contribution in [0.4, 0.5) is 13.2 Å². The van der Waals surface area contributed by atoms with Crippen LogP contribution in [0.25, 0.3) is 0 Å². The molecule has 0 spiro atoms. The number of nitrogens with one attached hydrogen (secondary N) is 1. The summed E-state index contributed by atoms with van der Waals surface area (Å²) >= 11 is 0. The molecule has 1 amide bonds. The van der Waals surface area contributed by atoms with Crippen LogP contribution in [0.5, 0.6) is 0 Å². The number of nitrogens with two attached hydrogens (primary N) is 1. The van der Waals surface area contributed by atoms with Gasteiger partial charge in [0, 0.05) is 0 Å². The second-order valence-electron chi connectivity index (χ2n) is 3.21. The van der Waals surface area contributed by atoms with Crippen LogP contribution in [0.2, 0.25) is 0 Å². The Bertz CT molecular complexity index is 390. The minimum absolute atomic E-state index is 0.162. The number of carbonyl (C=O) groups excluding carboxylic acids is 1. The summed E-state index contributed by atoms with van der Waals surface area (Å²) in [7, 11) is 1.38. The molecule has 6 heteroatoms. The minimum Gasteiger partial charge on any atom is -0.368 e. The number of amides is 1. The summed E-state index contributed by atoms with van der Waals surface area (Å²) in [5.74, 6) is -0.848. The first kappa shape index (κ1) is 12.5. The summed E-state index contributed by atoms with van der Waals surface area (Å²) in [6.07, 6.45) is -4.50. The van der Waals surface area contributed by atoms with E-state index in [4.69, 9.17) is 5.73 Å². The molecule has 1 rings (SSSR count). The fourth-order valence-electron chi connectivity index (χ4n) is 1.46. The zero-order valence-electron chi connectivity index (χ0n) is 8.51. The van der Waals surface area contributed by atoms with Crippen molar-refractivity contribution in [3.8, 4) is 0 Å². The predicted octanol–water partition coefficient (Wildman–Crippen LogP) is 1.45. The number of carbonyl (C=O) groups is 1. The summed E-state index contributed by atoms with van der Waals surface area (Å²) in [6, 6.07) is 3.70. The molecule has 1 atom stereocenters. The van der Waals surface area contributed by atoms with E-state index in [2.05, 4.69) is 5.32 Å². The van der Waals surface area contributed by atoms with Crippen molar-refractivity contribution in [2.75, 3.05) is 7.05 Å². The number of rotatable bonds is 3. The smallest absolute Gasteiger partial charge is 0.368 e. The van der Waals surface area contributed by atoms with Crippen molar-refractivity contribution < 1.29 is 18.0 Å². The molecule has 0 saturated carbocycles. The standard InChI is InChI=1S/C10H11F3N2O/c1-15-8(9(14)16)6-4-2-3-5-7(6)10(11,12)13/h2-5,8,15H,1H3,(H2,14,16)/t8-/m0/s1. The lowest BCUT2D eigenvalue weighted by Crippen LogP contribution is -2.32. The molecule has 0 saturated heterocycles. The Hall–Kier alpha value is -1.56. The molecule has 16 heavy (non-hydrogen) atoms. The van der Waals surface area contributed by atoms with Crippen molar-refractivity contribution in [2.24, 2.45) is 5.73 Å². The van der Waals surface area contributed by atoms with E-state index in [1.165, 1.54) is 25.2 Å². The third-order valence-electron chi connectivity index (χ3n) is 2.15. The van der Waals surface area contributed by atoms with Crippen LogP contribution in [0.3, 0.4) is 0 Å². The number of benzene rings is 1. The molecule has 1 aromatic rings. The van der Waals surface area contributed by atoms with Gasteiger partial charge in [-0.3, -0.25) is 4.79 Å². The summed E-state index contributed by atoms with van der Waals surface area (Å²) in [6.45, 7) is 0. The van der Waals surface area contributed by atoms with Gasteiger partial charge >= 0.3 is 6.18 Å². The van der Waals surface area contributed by atoms with Crippen LogP contribution in [-0.4, -0.2) is 13.0 Å². The van der Waals surface area contributed by atoms with Crippen molar-refractivity contribution in [2.45, 2.75) is 12.2 Å². The Balaban J connectivity index is 3.27. The Labute approximate surface area is 90.4 Å². The fraction of sp³-hybridized carbons (Fsp3) is 0.300. The molecule has 0 heterocycles. The van der Waals surface area contributed by atoms with E-state index in [1.807, 2.05) is 0 Å². The van der Waals surface area contributed by atoms with Gasteiger partial charge in [-0.15, -0.1) is 0 Å². The van der Waals surface area contributed by atoms with Crippen LogP contribution in [0.15, 0.2) is 24.3 Å². The van der Waals surface area contributed by atoms with Gasteiger partial charge in [0.1, 0.15) is 6.04 Å². The average Bonchev–Trinajstić information content (AvgIpc) is 2.17. The van der Waals surface area contributed by atoms with Crippen LogP contribution >= 0.6 is 0 Å². The molecule has 0 bridgehead atoms. The van der Waals surface area contributed by atoms with E-state index in [1.54, 1.807) is 0 Å². The van der Waals surface area contributed by atoms with Crippen LogP contribution in [0.1, 0.15) is 17.2 Å². The zero-order chi connectivity index (χ0) is 12.3. The van der Waals surface area contributed by atoms with Gasteiger partial charge in [0.2, 0.25) is 5.91 Å².